The molecule has 84 valence electrons. The summed E-state index contributed by atoms with van der Waals surface area (Å²) in [5.74, 6) is 2.13. The lowest BCUT2D eigenvalue weighted by Crippen LogP contribution is -2.02. The van der Waals surface area contributed by atoms with Gasteiger partial charge in [0.25, 0.3) is 0 Å². The van der Waals surface area contributed by atoms with E-state index in [0.29, 0.717) is 5.82 Å². The fraction of sp³-hybridized carbons (Fsp3) is 0.455. The molecule has 0 aliphatic carbocycles. The first-order valence-electron chi connectivity index (χ1n) is 5.47. The summed E-state index contributed by atoms with van der Waals surface area (Å²) in [5, 5.41) is 4.27. The van der Waals surface area contributed by atoms with Crippen LogP contribution in [0.15, 0.2) is 12.4 Å². The maximum atomic E-state index is 4.33. The summed E-state index contributed by atoms with van der Waals surface area (Å²) in [7, 11) is 0. The van der Waals surface area contributed by atoms with Crippen molar-refractivity contribution in [3.8, 4) is 11.6 Å². The van der Waals surface area contributed by atoms with Gasteiger partial charge in [-0.05, 0) is 25.8 Å². The second-order valence-corrected chi connectivity index (χ2v) is 3.57. The molecular formula is C11H15N5. The zero-order valence-electron chi connectivity index (χ0n) is 9.80. The molecule has 0 spiro atoms. The molecule has 0 aromatic carbocycles. The van der Waals surface area contributed by atoms with E-state index in [1.165, 1.54) is 0 Å². The van der Waals surface area contributed by atoms with E-state index < -0.39 is 0 Å². The van der Waals surface area contributed by atoms with Crippen molar-refractivity contribution in [2.75, 3.05) is 0 Å². The number of rotatable bonds is 3. The smallest absolute Gasteiger partial charge is 0.197 e. The third-order valence-electron chi connectivity index (χ3n) is 2.39. The predicted molar refractivity (Wildman–Crippen MR) is 60.8 cm³/mol. The Morgan fingerprint density at radius 2 is 1.88 bits per heavy atom. The molecule has 2 aromatic heterocycles. The molecule has 5 heteroatoms. The van der Waals surface area contributed by atoms with Crippen molar-refractivity contribution in [3.05, 3.63) is 23.8 Å². The molecule has 0 radical (unpaired) electrons. The van der Waals surface area contributed by atoms with Gasteiger partial charge in [0.2, 0.25) is 0 Å². The van der Waals surface area contributed by atoms with Crippen molar-refractivity contribution in [2.45, 2.75) is 33.7 Å². The van der Waals surface area contributed by atoms with Gasteiger partial charge in [0.1, 0.15) is 5.82 Å². The SMILES string of the molecule is CCc1cnc(-c2nc(C)nn2CC)nc1. The van der Waals surface area contributed by atoms with Gasteiger partial charge in [-0.1, -0.05) is 6.92 Å². The van der Waals surface area contributed by atoms with Gasteiger partial charge >= 0.3 is 0 Å². The van der Waals surface area contributed by atoms with Crippen molar-refractivity contribution in [1.29, 1.82) is 0 Å². The predicted octanol–water partition coefficient (Wildman–Crippen LogP) is 1.63. The summed E-state index contributed by atoms with van der Waals surface area (Å²) in [6, 6.07) is 0. The van der Waals surface area contributed by atoms with E-state index in [2.05, 4.69) is 27.0 Å². The first-order chi connectivity index (χ1) is 7.74. The number of hydrogen-bond acceptors (Lipinski definition) is 4. The third kappa shape index (κ3) is 1.93. The Bertz CT molecular complexity index is 472. The van der Waals surface area contributed by atoms with Crippen molar-refractivity contribution in [2.24, 2.45) is 0 Å². The Labute approximate surface area is 94.6 Å². The maximum Gasteiger partial charge on any atom is 0.197 e. The van der Waals surface area contributed by atoms with Crippen LogP contribution in [0.1, 0.15) is 25.2 Å². The Morgan fingerprint density at radius 1 is 1.19 bits per heavy atom. The minimum Gasteiger partial charge on any atom is -0.243 e. The van der Waals surface area contributed by atoms with Gasteiger partial charge in [-0.25, -0.2) is 19.6 Å². The van der Waals surface area contributed by atoms with Crippen LogP contribution in [0.5, 0.6) is 0 Å². The summed E-state index contributed by atoms with van der Waals surface area (Å²) in [5.41, 5.74) is 1.13. The average Bonchev–Trinajstić information content (AvgIpc) is 2.70. The molecule has 0 bridgehead atoms. The minimum atomic E-state index is 0.639. The summed E-state index contributed by atoms with van der Waals surface area (Å²) < 4.78 is 1.82. The van der Waals surface area contributed by atoms with Gasteiger partial charge in [-0.3, -0.25) is 0 Å². The molecule has 2 rings (SSSR count). The first kappa shape index (κ1) is 10.7. The zero-order valence-corrected chi connectivity index (χ0v) is 9.80. The van der Waals surface area contributed by atoms with Crippen molar-refractivity contribution in [3.63, 3.8) is 0 Å². The Morgan fingerprint density at radius 3 is 2.44 bits per heavy atom. The lowest BCUT2D eigenvalue weighted by molar-refractivity contribution is 0.656. The van der Waals surface area contributed by atoms with Crippen molar-refractivity contribution >= 4 is 0 Å². The Kier molecular flexibility index (Phi) is 2.94. The number of aromatic nitrogens is 5. The van der Waals surface area contributed by atoms with Crippen LogP contribution in [0.4, 0.5) is 0 Å². The average molecular weight is 217 g/mol. The van der Waals surface area contributed by atoms with Gasteiger partial charge < -0.3 is 0 Å². The van der Waals surface area contributed by atoms with Crippen LogP contribution in [0.2, 0.25) is 0 Å². The first-order valence-corrected chi connectivity index (χ1v) is 5.47. The Balaban J connectivity index is 2.41. The monoisotopic (exact) mass is 217 g/mol. The molecule has 0 fully saturated rings. The molecule has 2 heterocycles. The van der Waals surface area contributed by atoms with Crippen LogP contribution in [0.3, 0.4) is 0 Å². The molecule has 0 saturated heterocycles. The molecule has 0 unspecified atom stereocenters. The van der Waals surface area contributed by atoms with Crippen LogP contribution >= 0.6 is 0 Å². The highest BCUT2D eigenvalue weighted by atomic mass is 15.4. The van der Waals surface area contributed by atoms with Crippen molar-refractivity contribution < 1.29 is 0 Å². The lowest BCUT2D eigenvalue weighted by Gasteiger charge is -2.01. The summed E-state index contributed by atoms with van der Waals surface area (Å²) in [6.45, 7) is 6.75. The fourth-order valence-corrected chi connectivity index (χ4v) is 1.49. The maximum absolute atomic E-state index is 4.33. The standard InChI is InChI=1S/C11H15N5/c1-4-9-6-12-10(13-7-9)11-14-8(3)15-16(11)5-2/h6-7H,4-5H2,1-3H3. The van der Waals surface area contributed by atoms with Crippen LogP contribution < -0.4 is 0 Å². The second-order valence-electron chi connectivity index (χ2n) is 3.57. The fourth-order valence-electron chi connectivity index (χ4n) is 1.49. The largest absolute Gasteiger partial charge is 0.243 e. The molecular weight excluding hydrogens is 202 g/mol. The van der Waals surface area contributed by atoms with E-state index in [9.17, 15) is 0 Å². The number of aryl methyl sites for hydroxylation is 3. The minimum absolute atomic E-state index is 0.639. The topological polar surface area (TPSA) is 56.5 Å². The summed E-state index contributed by atoms with van der Waals surface area (Å²) in [4.78, 5) is 12.9. The van der Waals surface area contributed by atoms with Crippen LogP contribution in [-0.4, -0.2) is 24.7 Å². The van der Waals surface area contributed by atoms with E-state index in [-0.39, 0.29) is 0 Å². The summed E-state index contributed by atoms with van der Waals surface area (Å²) >= 11 is 0. The zero-order chi connectivity index (χ0) is 11.5. The molecule has 16 heavy (non-hydrogen) atoms. The van der Waals surface area contributed by atoms with Gasteiger partial charge in [0.15, 0.2) is 11.6 Å². The van der Waals surface area contributed by atoms with E-state index in [0.717, 1.165) is 30.2 Å². The van der Waals surface area contributed by atoms with E-state index in [1.807, 2.05) is 30.9 Å². The number of nitrogens with zero attached hydrogens (tertiary/aromatic N) is 5. The van der Waals surface area contributed by atoms with Gasteiger partial charge in [0.05, 0.1) is 0 Å². The van der Waals surface area contributed by atoms with Gasteiger partial charge in [-0.2, -0.15) is 5.10 Å². The van der Waals surface area contributed by atoms with E-state index in [1.54, 1.807) is 0 Å². The normalized spacial score (nSPS) is 10.7. The highest BCUT2D eigenvalue weighted by Gasteiger charge is 2.10. The highest BCUT2D eigenvalue weighted by molar-refractivity contribution is 5.42. The summed E-state index contributed by atoms with van der Waals surface area (Å²) in [6.07, 6.45) is 4.62. The van der Waals surface area contributed by atoms with E-state index in [4.69, 9.17) is 0 Å². The highest BCUT2D eigenvalue weighted by Crippen LogP contribution is 2.12. The molecule has 0 saturated carbocycles. The van der Waals surface area contributed by atoms with Gasteiger partial charge in [-0.15, -0.1) is 0 Å². The van der Waals surface area contributed by atoms with Gasteiger partial charge in [0, 0.05) is 18.9 Å². The third-order valence-corrected chi connectivity index (χ3v) is 2.39. The van der Waals surface area contributed by atoms with Crippen molar-refractivity contribution in [1.82, 2.24) is 24.7 Å². The van der Waals surface area contributed by atoms with E-state index >= 15 is 0 Å². The lowest BCUT2D eigenvalue weighted by atomic mass is 10.3. The van der Waals surface area contributed by atoms with Crippen LogP contribution in [-0.2, 0) is 13.0 Å². The molecule has 5 nitrogen and oxygen atoms in total. The van der Waals surface area contributed by atoms with Crippen LogP contribution in [0, 0.1) is 6.92 Å². The molecule has 2 aromatic rings. The second kappa shape index (κ2) is 4.38. The molecule has 0 amide bonds. The molecule has 0 aliphatic rings. The Hall–Kier alpha value is -1.78. The quantitative estimate of drug-likeness (QED) is 0.784. The molecule has 0 atom stereocenters. The van der Waals surface area contributed by atoms with Crippen LogP contribution in [0.25, 0.3) is 11.6 Å². The molecule has 0 aliphatic heterocycles. The molecule has 0 N–H and O–H groups in total. The number of hydrogen-bond donors (Lipinski definition) is 0.